The van der Waals surface area contributed by atoms with Crippen molar-refractivity contribution in [3.05, 3.63) is 51.4 Å². The molecule has 0 unspecified atom stereocenters. The van der Waals surface area contributed by atoms with Crippen LogP contribution in [0.4, 0.5) is 10.1 Å². The number of hydrogen-bond donors (Lipinski definition) is 1. The highest BCUT2D eigenvalue weighted by Crippen LogP contribution is 2.38. The standard InChI is InChI=1S/C19H24ClFN4O3S2/c1-23(2)8-9-25-16(18-5-4-10-29-18)12-17(24(3)30(25,27)28)19(26)22-13-6-7-15(21)14(20)11-13/h4-7,10-11,16-17H,8-9,12H2,1-3H3,(H,22,26)/t16-,17+/m0/s1. The van der Waals surface area contributed by atoms with Crippen molar-refractivity contribution in [1.82, 2.24) is 13.5 Å². The number of anilines is 1. The Balaban J connectivity index is 1.89. The Kier molecular flexibility index (Phi) is 7.16. The van der Waals surface area contributed by atoms with Crippen LogP contribution in [-0.2, 0) is 15.0 Å². The third-order valence-corrected chi connectivity index (χ3v) is 8.30. The molecule has 2 aromatic rings. The van der Waals surface area contributed by atoms with E-state index in [4.69, 9.17) is 11.6 Å². The van der Waals surface area contributed by atoms with Crippen molar-refractivity contribution in [3.63, 3.8) is 0 Å². The largest absolute Gasteiger partial charge is 0.325 e. The first kappa shape index (κ1) is 23.1. The van der Waals surface area contributed by atoms with Gasteiger partial charge in [-0.1, -0.05) is 17.7 Å². The summed E-state index contributed by atoms with van der Waals surface area (Å²) in [7, 11) is 1.29. The Morgan fingerprint density at radius 1 is 1.37 bits per heavy atom. The summed E-state index contributed by atoms with van der Waals surface area (Å²) in [6, 6.07) is 6.22. The van der Waals surface area contributed by atoms with E-state index in [2.05, 4.69) is 5.32 Å². The molecule has 2 atom stereocenters. The second-order valence-electron chi connectivity index (χ2n) is 7.34. The van der Waals surface area contributed by atoms with E-state index < -0.39 is 34.0 Å². The van der Waals surface area contributed by atoms with Crippen LogP contribution in [0.1, 0.15) is 17.3 Å². The molecular formula is C19H24ClFN4O3S2. The molecule has 3 rings (SSSR count). The fourth-order valence-electron chi connectivity index (χ4n) is 3.34. The van der Waals surface area contributed by atoms with E-state index in [1.807, 2.05) is 36.5 Å². The lowest BCUT2D eigenvalue weighted by Crippen LogP contribution is -2.58. The number of benzene rings is 1. The number of halogens is 2. The van der Waals surface area contributed by atoms with Gasteiger partial charge in [0, 0.05) is 30.7 Å². The SMILES string of the molecule is CN(C)CCN1[C@H](c2cccs2)C[C@H](C(=O)Nc2ccc(F)c(Cl)c2)N(C)S1(=O)=O. The van der Waals surface area contributed by atoms with Crippen LogP contribution < -0.4 is 5.32 Å². The molecule has 0 bridgehead atoms. The third-order valence-electron chi connectivity index (χ3n) is 5.02. The lowest BCUT2D eigenvalue weighted by Gasteiger charge is -2.43. The second-order valence-corrected chi connectivity index (χ2v) is 10.7. The maximum Gasteiger partial charge on any atom is 0.283 e. The fourth-order valence-corrected chi connectivity index (χ4v) is 6.11. The second kappa shape index (κ2) is 9.29. The van der Waals surface area contributed by atoms with Gasteiger partial charge in [-0.3, -0.25) is 4.79 Å². The lowest BCUT2D eigenvalue weighted by molar-refractivity contribution is -0.120. The molecule has 0 saturated carbocycles. The number of hydrogen-bond acceptors (Lipinski definition) is 5. The van der Waals surface area contributed by atoms with Crippen molar-refractivity contribution < 1.29 is 17.6 Å². The predicted octanol–water partition coefficient (Wildman–Crippen LogP) is 3.03. The zero-order chi connectivity index (χ0) is 22.1. The minimum atomic E-state index is -3.87. The number of carbonyl (C=O) groups is 1. The third kappa shape index (κ3) is 4.84. The number of carbonyl (C=O) groups excluding carboxylic acids is 1. The topological polar surface area (TPSA) is 73.0 Å². The van der Waals surface area contributed by atoms with Crippen molar-refractivity contribution in [1.29, 1.82) is 0 Å². The van der Waals surface area contributed by atoms with Gasteiger partial charge in [0.1, 0.15) is 11.9 Å². The molecule has 164 valence electrons. The van der Waals surface area contributed by atoms with E-state index in [1.165, 1.54) is 34.8 Å². The molecule has 0 spiro atoms. The molecule has 2 heterocycles. The summed E-state index contributed by atoms with van der Waals surface area (Å²) in [5.41, 5.74) is 0.305. The van der Waals surface area contributed by atoms with Crippen molar-refractivity contribution in [3.8, 4) is 0 Å². The summed E-state index contributed by atoms with van der Waals surface area (Å²) in [5.74, 6) is -1.08. The molecule has 1 aliphatic rings. The zero-order valence-corrected chi connectivity index (χ0v) is 19.3. The molecule has 0 radical (unpaired) electrons. The van der Waals surface area contributed by atoms with Crippen LogP contribution in [0.15, 0.2) is 35.7 Å². The van der Waals surface area contributed by atoms with Gasteiger partial charge in [-0.05, 0) is 50.2 Å². The van der Waals surface area contributed by atoms with Gasteiger partial charge in [0.15, 0.2) is 0 Å². The molecule has 1 fully saturated rings. The maximum atomic E-state index is 13.4. The van der Waals surface area contributed by atoms with Crippen LogP contribution in [0.25, 0.3) is 0 Å². The number of amides is 1. The summed E-state index contributed by atoms with van der Waals surface area (Å²) in [5, 5.41) is 4.43. The Bertz CT molecular complexity index is 1000. The highest BCUT2D eigenvalue weighted by atomic mass is 35.5. The van der Waals surface area contributed by atoms with Crippen LogP contribution in [0.2, 0.25) is 5.02 Å². The van der Waals surface area contributed by atoms with E-state index in [0.29, 0.717) is 25.2 Å². The fraction of sp³-hybridized carbons (Fsp3) is 0.421. The van der Waals surface area contributed by atoms with E-state index in [9.17, 15) is 17.6 Å². The van der Waals surface area contributed by atoms with Crippen LogP contribution in [0, 0.1) is 5.82 Å². The molecule has 7 nitrogen and oxygen atoms in total. The Morgan fingerprint density at radius 2 is 2.10 bits per heavy atom. The van der Waals surface area contributed by atoms with Crippen LogP contribution >= 0.6 is 22.9 Å². The van der Waals surface area contributed by atoms with Gasteiger partial charge >= 0.3 is 0 Å². The van der Waals surface area contributed by atoms with E-state index in [0.717, 1.165) is 15.2 Å². The molecule has 1 aromatic heterocycles. The van der Waals surface area contributed by atoms with Crippen molar-refractivity contribution in [2.45, 2.75) is 18.5 Å². The molecule has 1 aromatic carbocycles. The minimum absolute atomic E-state index is 0.122. The average molecular weight is 475 g/mol. The summed E-state index contributed by atoms with van der Waals surface area (Å²) in [6.07, 6.45) is 0.296. The van der Waals surface area contributed by atoms with Crippen molar-refractivity contribution >= 4 is 44.7 Å². The molecular weight excluding hydrogens is 451 g/mol. The normalized spacial score (nSPS) is 22.3. The first-order chi connectivity index (χ1) is 14.1. The molecule has 30 heavy (non-hydrogen) atoms. The minimum Gasteiger partial charge on any atom is -0.325 e. The summed E-state index contributed by atoms with van der Waals surface area (Å²) < 4.78 is 42.5. The molecule has 1 saturated heterocycles. The number of nitrogens with one attached hydrogen (secondary N) is 1. The number of likely N-dealkylation sites (N-methyl/N-ethyl adjacent to an activating group) is 2. The van der Waals surface area contributed by atoms with E-state index in [-0.39, 0.29) is 5.02 Å². The average Bonchev–Trinajstić information content (AvgIpc) is 3.20. The highest BCUT2D eigenvalue weighted by molar-refractivity contribution is 7.86. The van der Waals surface area contributed by atoms with Crippen molar-refractivity contribution in [2.75, 3.05) is 39.5 Å². The number of nitrogens with zero attached hydrogens (tertiary/aromatic N) is 3. The number of thiophene rings is 1. The Labute approximate surface area is 185 Å². The zero-order valence-electron chi connectivity index (χ0n) is 16.9. The summed E-state index contributed by atoms with van der Waals surface area (Å²) in [4.78, 5) is 15.8. The number of rotatable bonds is 6. The molecule has 1 N–H and O–H groups in total. The first-order valence-corrected chi connectivity index (χ1v) is 12.0. The molecule has 1 amide bonds. The predicted molar refractivity (Wildman–Crippen MR) is 117 cm³/mol. The quantitative estimate of drug-likeness (QED) is 0.698. The van der Waals surface area contributed by atoms with Gasteiger partial charge in [0.25, 0.3) is 10.2 Å². The highest BCUT2D eigenvalue weighted by Gasteiger charge is 2.46. The van der Waals surface area contributed by atoms with Gasteiger partial charge in [-0.15, -0.1) is 11.3 Å². The van der Waals surface area contributed by atoms with Crippen LogP contribution in [-0.4, -0.2) is 68.1 Å². The molecule has 0 aliphatic carbocycles. The van der Waals surface area contributed by atoms with Crippen molar-refractivity contribution in [2.24, 2.45) is 0 Å². The molecule has 1 aliphatic heterocycles. The van der Waals surface area contributed by atoms with Gasteiger partial charge < -0.3 is 10.2 Å². The van der Waals surface area contributed by atoms with E-state index in [1.54, 1.807) is 0 Å². The lowest BCUT2D eigenvalue weighted by atomic mass is 10.0. The monoisotopic (exact) mass is 474 g/mol. The smallest absolute Gasteiger partial charge is 0.283 e. The Morgan fingerprint density at radius 3 is 2.70 bits per heavy atom. The summed E-state index contributed by atoms with van der Waals surface area (Å²) >= 11 is 7.25. The summed E-state index contributed by atoms with van der Waals surface area (Å²) in [6.45, 7) is 0.865. The van der Waals surface area contributed by atoms with Gasteiger partial charge in [-0.2, -0.15) is 17.0 Å². The Hall–Kier alpha value is -1.56. The van der Waals surface area contributed by atoms with Gasteiger partial charge in [-0.25, -0.2) is 4.39 Å². The van der Waals surface area contributed by atoms with Gasteiger partial charge in [0.05, 0.1) is 11.1 Å². The van der Waals surface area contributed by atoms with Crippen LogP contribution in [0.3, 0.4) is 0 Å². The maximum absolute atomic E-state index is 13.4. The molecule has 11 heteroatoms. The first-order valence-electron chi connectivity index (χ1n) is 9.30. The van der Waals surface area contributed by atoms with E-state index >= 15 is 0 Å². The van der Waals surface area contributed by atoms with Gasteiger partial charge in [0.2, 0.25) is 5.91 Å². The van der Waals surface area contributed by atoms with Crippen LogP contribution in [0.5, 0.6) is 0 Å².